The van der Waals surface area contributed by atoms with Crippen molar-refractivity contribution in [1.82, 2.24) is 19.7 Å². The molecule has 8 heteroatoms. The maximum Gasteiger partial charge on any atom is 0.293 e. The Morgan fingerprint density at radius 1 is 1.07 bits per heavy atom. The summed E-state index contributed by atoms with van der Waals surface area (Å²) < 4.78 is 14.6. The van der Waals surface area contributed by atoms with Crippen LogP contribution in [-0.2, 0) is 4.79 Å². The molecule has 2 amide bonds. The summed E-state index contributed by atoms with van der Waals surface area (Å²) in [5, 5.41) is 7.06. The third-order valence-corrected chi connectivity index (χ3v) is 4.50. The molecule has 0 aliphatic rings. The Bertz CT molecular complexity index is 1040. The zero-order valence-electron chi connectivity index (χ0n) is 16.7. The molecule has 0 spiro atoms. The van der Waals surface area contributed by atoms with Gasteiger partial charge in [-0.05, 0) is 56.2 Å². The van der Waals surface area contributed by atoms with Crippen molar-refractivity contribution in [1.29, 1.82) is 0 Å². The van der Waals surface area contributed by atoms with Gasteiger partial charge in [0.25, 0.3) is 5.91 Å². The summed E-state index contributed by atoms with van der Waals surface area (Å²) in [7, 11) is 1.51. The van der Waals surface area contributed by atoms with E-state index in [-0.39, 0.29) is 24.1 Å². The van der Waals surface area contributed by atoms with Gasteiger partial charge < -0.3 is 10.2 Å². The third kappa shape index (κ3) is 4.48. The minimum atomic E-state index is -0.481. The Morgan fingerprint density at radius 2 is 1.69 bits per heavy atom. The average molecular weight is 395 g/mol. The maximum atomic E-state index is 13.1. The Balaban J connectivity index is 1.71. The second-order valence-corrected chi connectivity index (χ2v) is 6.85. The number of rotatable bonds is 5. The van der Waals surface area contributed by atoms with Crippen molar-refractivity contribution in [3.63, 3.8) is 0 Å². The van der Waals surface area contributed by atoms with Crippen molar-refractivity contribution >= 4 is 17.5 Å². The highest BCUT2D eigenvalue weighted by Gasteiger charge is 2.21. The van der Waals surface area contributed by atoms with Gasteiger partial charge in [-0.15, -0.1) is 5.10 Å². The number of hydrogen-bond acceptors (Lipinski definition) is 4. The fourth-order valence-electron chi connectivity index (χ4n) is 2.96. The highest BCUT2D eigenvalue weighted by molar-refractivity contribution is 5.98. The number of nitrogens with zero attached hydrogens (tertiary/aromatic N) is 4. The van der Waals surface area contributed by atoms with E-state index in [9.17, 15) is 14.0 Å². The topological polar surface area (TPSA) is 80.1 Å². The zero-order valence-corrected chi connectivity index (χ0v) is 16.7. The highest BCUT2D eigenvalue weighted by atomic mass is 19.1. The molecule has 0 atom stereocenters. The molecule has 0 bridgehead atoms. The molecule has 1 aromatic heterocycles. The van der Waals surface area contributed by atoms with Crippen LogP contribution < -0.4 is 5.32 Å². The molecule has 0 saturated heterocycles. The third-order valence-electron chi connectivity index (χ3n) is 4.50. The molecule has 1 heterocycles. The molecule has 7 nitrogen and oxygen atoms in total. The molecule has 0 radical (unpaired) electrons. The normalized spacial score (nSPS) is 10.7. The van der Waals surface area contributed by atoms with Crippen molar-refractivity contribution in [2.24, 2.45) is 0 Å². The number of para-hydroxylation sites is 1. The lowest BCUT2D eigenvalue weighted by Crippen LogP contribution is -2.35. The molecule has 0 aliphatic heterocycles. The quantitative estimate of drug-likeness (QED) is 0.720. The maximum absolute atomic E-state index is 13.1. The molecule has 150 valence electrons. The van der Waals surface area contributed by atoms with E-state index >= 15 is 0 Å². The smallest absolute Gasteiger partial charge is 0.293 e. The van der Waals surface area contributed by atoms with Crippen molar-refractivity contribution < 1.29 is 14.0 Å². The fraction of sp³-hybridized carbons (Fsp3) is 0.238. The molecule has 0 fully saturated rings. The molecule has 29 heavy (non-hydrogen) atoms. The lowest BCUT2D eigenvalue weighted by atomic mass is 10.1. The first kappa shape index (κ1) is 20.2. The van der Waals surface area contributed by atoms with Crippen LogP contribution in [0.4, 0.5) is 10.1 Å². The first-order valence-corrected chi connectivity index (χ1v) is 9.07. The van der Waals surface area contributed by atoms with Gasteiger partial charge in [0.2, 0.25) is 11.7 Å². The number of amides is 2. The monoisotopic (exact) mass is 395 g/mol. The number of hydrogen-bond donors (Lipinski definition) is 1. The summed E-state index contributed by atoms with van der Waals surface area (Å²) in [4.78, 5) is 30.5. The van der Waals surface area contributed by atoms with Crippen LogP contribution in [0.2, 0.25) is 0 Å². The minimum Gasteiger partial charge on any atom is -0.330 e. The van der Waals surface area contributed by atoms with Crippen LogP contribution in [0.1, 0.15) is 27.6 Å². The van der Waals surface area contributed by atoms with Crippen molar-refractivity contribution in [2.75, 3.05) is 18.9 Å². The molecule has 3 aromatic rings. The molecule has 1 N–H and O–H groups in total. The van der Waals surface area contributed by atoms with Gasteiger partial charge in [-0.25, -0.2) is 14.1 Å². The molecule has 0 saturated carbocycles. The number of carbonyl (C=O) groups is 2. The van der Waals surface area contributed by atoms with Crippen molar-refractivity contribution in [2.45, 2.75) is 20.8 Å². The van der Waals surface area contributed by atoms with E-state index in [1.54, 1.807) is 19.1 Å². The second kappa shape index (κ2) is 8.22. The first-order chi connectivity index (χ1) is 13.8. The Hall–Kier alpha value is -3.55. The van der Waals surface area contributed by atoms with Crippen molar-refractivity contribution in [3.8, 4) is 5.69 Å². The zero-order chi connectivity index (χ0) is 21.1. The molecular formula is C21H22FN5O2. The van der Waals surface area contributed by atoms with Gasteiger partial charge in [0.1, 0.15) is 11.6 Å². The van der Waals surface area contributed by atoms with Crippen LogP contribution in [0, 0.1) is 26.6 Å². The number of halogens is 1. The predicted octanol–water partition coefficient (Wildman–Crippen LogP) is 3.04. The van der Waals surface area contributed by atoms with E-state index in [0.717, 1.165) is 16.8 Å². The lowest BCUT2D eigenvalue weighted by Gasteiger charge is -2.16. The van der Waals surface area contributed by atoms with E-state index in [4.69, 9.17) is 0 Å². The van der Waals surface area contributed by atoms with E-state index in [1.807, 2.05) is 32.0 Å². The second-order valence-electron chi connectivity index (χ2n) is 6.85. The SMILES string of the molecule is Cc1cccc(C)c1NC(=O)CN(C)C(=O)c1nc(C)n(-c2ccc(F)cc2)n1. The van der Waals surface area contributed by atoms with Crippen LogP contribution in [0.3, 0.4) is 0 Å². The summed E-state index contributed by atoms with van der Waals surface area (Å²) >= 11 is 0. The molecule has 0 aliphatic carbocycles. The molecule has 2 aromatic carbocycles. The summed E-state index contributed by atoms with van der Waals surface area (Å²) in [6.07, 6.45) is 0. The van der Waals surface area contributed by atoms with Crippen LogP contribution >= 0.6 is 0 Å². The molecular weight excluding hydrogens is 373 g/mol. The summed E-state index contributed by atoms with van der Waals surface area (Å²) in [6, 6.07) is 11.4. The van der Waals surface area contributed by atoms with Gasteiger partial charge in [-0.3, -0.25) is 9.59 Å². The first-order valence-electron chi connectivity index (χ1n) is 9.07. The highest BCUT2D eigenvalue weighted by Crippen LogP contribution is 2.19. The largest absolute Gasteiger partial charge is 0.330 e. The summed E-state index contributed by atoms with van der Waals surface area (Å²) in [5.74, 6) is -0.710. The van der Waals surface area contributed by atoms with Crippen LogP contribution in [0.15, 0.2) is 42.5 Å². The summed E-state index contributed by atoms with van der Waals surface area (Å²) in [5.41, 5.74) is 3.23. The van der Waals surface area contributed by atoms with Crippen LogP contribution in [-0.4, -0.2) is 45.1 Å². The van der Waals surface area contributed by atoms with E-state index in [2.05, 4.69) is 15.4 Å². The number of carbonyl (C=O) groups excluding carboxylic acids is 2. The van der Waals surface area contributed by atoms with Crippen molar-refractivity contribution in [3.05, 3.63) is 71.1 Å². The van der Waals surface area contributed by atoms with E-state index in [0.29, 0.717) is 11.5 Å². The number of benzene rings is 2. The molecule has 3 rings (SSSR count). The predicted molar refractivity (Wildman–Crippen MR) is 108 cm³/mol. The van der Waals surface area contributed by atoms with Gasteiger partial charge in [0.15, 0.2) is 0 Å². The van der Waals surface area contributed by atoms with Gasteiger partial charge in [-0.1, -0.05) is 18.2 Å². The number of aryl methyl sites for hydroxylation is 3. The van der Waals surface area contributed by atoms with E-state index in [1.165, 1.54) is 28.8 Å². The van der Waals surface area contributed by atoms with Gasteiger partial charge in [0, 0.05) is 12.7 Å². The van der Waals surface area contributed by atoms with Crippen LogP contribution in [0.25, 0.3) is 5.69 Å². The number of likely N-dealkylation sites (N-methyl/N-ethyl adjacent to an activating group) is 1. The Kier molecular flexibility index (Phi) is 5.72. The van der Waals surface area contributed by atoms with E-state index < -0.39 is 5.91 Å². The number of nitrogens with one attached hydrogen (secondary N) is 1. The van der Waals surface area contributed by atoms with Crippen LogP contribution in [0.5, 0.6) is 0 Å². The lowest BCUT2D eigenvalue weighted by molar-refractivity contribution is -0.116. The Morgan fingerprint density at radius 3 is 2.31 bits per heavy atom. The number of aromatic nitrogens is 3. The van der Waals surface area contributed by atoms with Gasteiger partial charge >= 0.3 is 0 Å². The molecule has 0 unspecified atom stereocenters. The average Bonchev–Trinajstić information content (AvgIpc) is 3.06. The standard InChI is InChI=1S/C21H22FN5O2/c1-13-6-5-7-14(2)19(13)24-18(28)12-26(4)21(29)20-23-15(3)27(25-20)17-10-8-16(22)9-11-17/h5-11H,12H2,1-4H3,(H,24,28). The summed E-state index contributed by atoms with van der Waals surface area (Å²) in [6.45, 7) is 5.37. The van der Waals surface area contributed by atoms with Gasteiger partial charge in [-0.2, -0.15) is 0 Å². The Labute approximate surface area is 168 Å². The fourth-order valence-corrected chi connectivity index (χ4v) is 2.96. The minimum absolute atomic E-state index is 0.0332. The number of anilines is 1. The van der Waals surface area contributed by atoms with Gasteiger partial charge in [0.05, 0.1) is 12.2 Å².